The van der Waals surface area contributed by atoms with E-state index in [1.807, 2.05) is 19.4 Å². The molecule has 6 heteroatoms. The highest BCUT2D eigenvalue weighted by Gasteiger charge is 2.33. The van der Waals surface area contributed by atoms with E-state index < -0.39 is 0 Å². The Morgan fingerprint density at radius 3 is 2.23 bits per heavy atom. The summed E-state index contributed by atoms with van der Waals surface area (Å²) in [5.74, 6) is 1.95. The van der Waals surface area contributed by atoms with Crippen molar-refractivity contribution in [1.29, 1.82) is 0 Å². The number of hydrogen-bond donors (Lipinski definition) is 1. The number of aromatic nitrogens is 5. The fourth-order valence-electron chi connectivity index (χ4n) is 3.64. The van der Waals surface area contributed by atoms with E-state index >= 15 is 0 Å². The van der Waals surface area contributed by atoms with E-state index in [1.54, 1.807) is 6.26 Å². The van der Waals surface area contributed by atoms with E-state index in [0.29, 0.717) is 0 Å². The highest BCUT2D eigenvalue weighted by molar-refractivity contribution is 5.16. The molecule has 0 aliphatic heterocycles. The molecular formula is C24H37N5O. The Labute approximate surface area is 180 Å². The second kappa shape index (κ2) is 7.71. The second-order valence-corrected chi connectivity index (χ2v) is 11.2. The average molecular weight is 412 g/mol. The molecule has 0 saturated carbocycles. The third kappa shape index (κ3) is 5.02. The lowest BCUT2D eigenvalue weighted by molar-refractivity contribution is 0.311. The quantitative estimate of drug-likeness (QED) is 0.569. The number of hydrogen-bond acceptors (Lipinski definition) is 4. The second-order valence-electron chi connectivity index (χ2n) is 11.2. The van der Waals surface area contributed by atoms with Crippen LogP contribution in [0.3, 0.4) is 0 Å². The molecule has 3 rings (SSSR count). The molecule has 3 aromatic rings. The summed E-state index contributed by atoms with van der Waals surface area (Å²) in [4.78, 5) is 17.6. The van der Waals surface area contributed by atoms with Gasteiger partial charge in [-0.1, -0.05) is 55.4 Å². The summed E-state index contributed by atoms with van der Waals surface area (Å²) < 4.78 is 7.95. The molecule has 1 atom stereocenters. The molecule has 6 nitrogen and oxygen atoms in total. The maximum atomic E-state index is 5.76. The van der Waals surface area contributed by atoms with Gasteiger partial charge in [0.15, 0.2) is 5.89 Å². The largest absolute Gasteiger partial charge is 0.448 e. The molecule has 0 aliphatic rings. The first-order valence-electron chi connectivity index (χ1n) is 10.8. The Morgan fingerprint density at radius 2 is 1.73 bits per heavy atom. The van der Waals surface area contributed by atoms with Gasteiger partial charge >= 0.3 is 0 Å². The number of aryl methyl sites for hydroxylation is 1. The van der Waals surface area contributed by atoms with Crippen molar-refractivity contribution in [2.45, 2.75) is 97.4 Å². The number of rotatable bonds is 6. The van der Waals surface area contributed by atoms with Crippen molar-refractivity contribution in [3.8, 4) is 0 Å². The van der Waals surface area contributed by atoms with Crippen molar-refractivity contribution in [3.63, 3.8) is 0 Å². The normalized spacial score (nSPS) is 14.3. The minimum Gasteiger partial charge on any atom is -0.448 e. The number of nitrogens with zero attached hydrogens (tertiary/aromatic N) is 4. The first-order chi connectivity index (χ1) is 13.8. The van der Waals surface area contributed by atoms with Crippen molar-refractivity contribution < 1.29 is 4.42 Å². The van der Waals surface area contributed by atoms with Crippen LogP contribution in [0, 0.1) is 6.92 Å². The van der Waals surface area contributed by atoms with Crippen molar-refractivity contribution in [1.82, 2.24) is 24.5 Å². The smallest absolute Gasteiger partial charge is 0.199 e. The number of H-pyrrole nitrogens is 1. The number of nitrogens with one attached hydrogen (secondary N) is 1. The van der Waals surface area contributed by atoms with Crippen LogP contribution in [0.2, 0.25) is 0 Å². The van der Waals surface area contributed by atoms with E-state index in [4.69, 9.17) is 9.40 Å². The van der Waals surface area contributed by atoms with Crippen LogP contribution in [0.25, 0.3) is 0 Å². The standard InChI is InChI=1S/C24H37N5O/c1-16-14-30-21(27-16)24(8,9)10-17(20-25-11-18(28-20)22(2,3)4)12-29-13-19(26-15-29)23(5,6)7/h11,13-15,17H,10,12H2,1-9H3,(H,25,28). The number of oxazole rings is 1. The summed E-state index contributed by atoms with van der Waals surface area (Å²) in [6.45, 7) is 20.3. The SMILES string of the molecule is Cc1coc(C(C)(C)CC(Cn2cnc(C(C)(C)C)c2)c2ncc(C(C)(C)C)[nH]2)n1. The summed E-state index contributed by atoms with van der Waals surface area (Å²) in [6, 6.07) is 0. The van der Waals surface area contributed by atoms with Crippen LogP contribution >= 0.6 is 0 Å². The van der Waals surface area contributed by atoms with E-state index in [9.17, 15) is 0 Å². The monoisotopic (exact) mass is 411 g/mol. The topological polar surface area (TPSA) is 72.5 Å². The molecule has 3 aromatic heterocycles. The molecule has 30 heavy (non-hydrogen) atoms. The molecule has 1 N–H and O–H groups in total. The summed E-state index contributed by atoms with van der Waals surface area (Å²) in [6.07, 6.45) is 8.64. The predicted octanol–water partition coefficient (Wildman–Crippen LogP) is 5.65. The van der Waals surface area contributed by atoms with Gasteiger partial charge in [-0.2, -0.15) is 0 Å². The molecule has 0 spiro atoms. The maximum Gasteiger partial charge on any atom is 0.199 e. The van der Waals surface area contributed by atoms with Crippen LogP contribution in [-0.4, -0.2) is 24.5 Å². The summed E-state index contributed by atoms with van der Waals surface area (Å²) >= 11 is 0. The van der Waals surface area contributed by atoms with Gasteiger partial charge in [0.2, 0.25) is 0 Å². The molecule has 0 aliphatic carbocycles. The Kier molecular flexibility index (Phi) is 5.74. The Morgan fingerprint density at radius 1 is 1.03 bits per heavy atom. The van der Waals surface area contributed by atoms with Crippen LogP contribution in [-0.2, 0) is 22.8 Å². The van der Waals surface area contributed by atoms with Crippen LogP contribution in [0.5, 0.6) is 0 Å². The Hall–Kier alpha value is -2.37. The van der Waals surface area contributed by atoms with Crippen LogP contribution in [0.1, 0.15) is 96.5 Å². The van der Waals surface area contributed by atoms with E-state index in [-0.39, 0.29) is 22.2 Å². The maximum absolute atomic E-state index is 5.76. The van der Waals surface area contributed by atoms with Gasteiger partial charge in [-0.25, -0.2) is 15.0 Å². The molecule has 3 heterocycles. The van der Waals surface area contributed by atoms with Crippen LogP contribution < -0.4 is 0 Å². The number of aromatic amines is 1. The molecule has 0 saturated heterocycles. The van der Waals surface area contributed by atoms with Gasteiger partial charge in [0, 0.05) is 46.8 Å². The van der Waals surface area contributed by atoms with Crippen LogP contribution in [0.4, 0.5) is 0 Å². The molecule has 0 aromatic carbocycles. The van der Waals surface area contributed by atoms with Gasteiger partial charge < -0.3 is 14.0 Å². The minimum absolute atomic E-state index is 0.0272. The zero-order valence-electron chi connectivity index (χ0n) is 20.0. The highest BCUT2D eigenvalue weighted by atomic mass is 16.3. The molecule has 1 unspecified atom stereocenters. The average Bonchev–Trinajstić information content (AvgIpc) is 3.32. The molecule has 164 valence electrons. The Balaban J connectivity index is 1.92. The zero-order valence-corrected chi connectivity index (χ0v) is 20.0. The van der Waals surface area contributed by atoms with Gasteiger partial charge in [0.25, 0.3) is 0 Å². The molecule has 0 bridgehead atoms. The van der Waals surface area contributed by atoms with Crippen LogP contribution in [0.15, 0.2) is 29.4 Å². The van der Waals surface area contributed by atoms with Crippen molar-refractivity contribution >= 4 is 0 Å². The lowest BCUT2D eigenvalue weighted by atomic mass is 9.82. The Bertz CT molecular complexity index is 978. The first-order valence-corrected chi connectivity index (χ1v) is 10.8. The highest BCUT2D eigenvalue weighted by Crippen LogP contribution is 2.35. The zero-order chi connectivity index (χ0) is 22.3. The molecule has 0 radical (unpaired) electrons. The van der Waals surface area contributed by atoms with Gasteiger partial charge in [0.05, 0.1) is 17.7 Å². The third-order valence-electron chi connectivity index (χ3n) is 5.58. The summed E-state index contributed by atoms with van der Waals surface area (Å²) in [5, 5.41) is 0. The lowest BCUT2D eigenvalue weighted by Crippen LogP contribution is -2.24. The first kappa shape index (κ1) is 22.3. The van der Waals surface area contributed by atoms with Gasteiger partial charge in [-0.3, -0.25) is 0 Å². The molecule has 0 fully saturated rings. The van der Waals surface area contributed by atoms with Gasteiger partial charge in [0.1, 0.15) is 12.1 Å². The van der Waals surface area contributed by atoms with Crippen molar-refractivity contribution in [2.75, 3.05) is 0 Å². The van der Waals surface area contributed by atoms with E-state index in [1.165, 1.54) is 0 Å². The lowest BCUT2D eigenvalue weighted by Gasteiger charge is -2.26. The predicted molar refractivity (Wildman–Crippen MR) is 120 cm³/mol. The minimum atomic E-state index is -0.221. The summed E-state index contributed by atoms with van der Waals surface area (Å²) in [5.41, 5.74) is 2.99. The van der Waals surface area contributed by atoms with E-state index in [2.05, 4.69) is 81.1 Å². The van der Waals surface area contributed by atoms with Gasteiger partial charge in [-0.05, 0) is 13.3 Å². The molecule has 0 amide bonds. The number of imidazole rings is 2. The van der Waals surface area contributed by atoms with Gasteiger partial charge in [-0.15, -0.1) is 0 Å². The van der Waals surface area contributed by atoms with Crippen molar-refractivity contribution in [3.05, 3.63) is 53.8 Å². The summed E-state index contributed by atoms with van der Waals surface area (Å²) in [7, 11) is 0. The van der Waals surface area contributed by atoms with Crippen molar-refractivity contribution in [2.24, 2.45) is 0 Å². The van der Waals surface area contributed by atoms with E-state index in [0.717, 1.165) is 41.8 Å². The molecular weight excluding hydrogens is 374 g/mol. The fraction of sp³-hybridized carbons (Fsp3) is 0.625. The fourth-order valence-corrected chi connectivity index (χ4v) is 3.64. The third-order valence-corrected chi connectivity index (χ3v) is 5.58.